The van der Waals surface area contributed by atoms with Gasteiger partial charge in [0.2, 0.25) is 0 Å². The van der Waals surface area contributed by atoms with Crippen molar-refractivity contribution in [2.45, 2.75) is 12.0 Å². The molecule has 1 aliphatic heterocycles. The molecule has 2 aliphatic rings. The van der Waals surface area contributed by atoms with Crippen LogP contribution in [0.5, 0.6) is 0 Å². The maximum absolute atomic E-state index is 6.70. The molecule has 268 valence electrons. The van der Waals surface area contributed by atoms with Gasteiger partial charge < -0.3 is 9.32 Å². The summed E-state index contributed by atoms with van der Waals surface area (Å²) in [7, 11) is 0. The monoisotopic (exact) mass is 748 g/mol. The average Bonchev–Trinajstić information content (AvgIpc) is 3.97. The summed E-state index contributed by atoms with van der Waals surface area (Å²) in [5.41, 5.74) is 10.7. The van der Waals surface area contributed by atoms with E-state index in [-0.39, 0.29) is 12.0 Å². The Morgan fingerprint density at radius 1 is 0.456 bits per heavy atom. The molecular weight excluding hydrogens is 717 g/mol. The van der Waals surface area contributed by atoms with Crippen molar-refractivity contribution in [3.63, 3.8) is 0 Å². The van der Waals surface area contributed by atoms with E-state index in [2.05, 4.69) is 151 Å². The van der Waals surface area contributed by atoms with Gasteiger partial charge in [-0.15, -0.1) is 11.3 Å². The van der Waals surface area contributed by atoms with Crippen LogP contribution in [0.25, 0.3) is 87.4 Å². The minimum atomic E-state index is 0.180. The third kappa shape index (κ3) is 4.97. The number of anilines is 2. The van der Waals surface area contributed by atoms with E-state index in [1.54, 1.807) is 11.3 Å². The lowest BCUT2D eigenvalue weighted by Gasteiger charge is -2.29. The number of hydrogen-bond acceptors (Lipinski definition) is 6. The highest BCUT2D eigenvalue weighted by atomic mass is 32.1. The number of hydrogen-bond donors (Lipinski definition) is 0. The zero-order valence-electron chi connectivity index (χ0n) is 30.6. The summed E-state index contributed by atoms with van der Waals surface area (Å²) in [6.45, 7) is 0. The Labute approximate surface area is 332 Å². The van der Waals surface area contributed by atoms with Gasteiger partial charge in [0.1, 0.15) is 11.2 Å². The summed E-state index contributed by atoms with van der Waals surface area (Å²) in [5, 5.41) is 4.64. The largest absolute Gasteiger partial charge is 0.456 e. The maximum Gasteiger partial charge on any atom is 0.165 e. The molecule has 10 aromatic rings. The Morgan fingerprint density at radius 2 is 1.02 bits per heavy atom. The molecule has 0 spiro atoms. The predicted octanol–water partition coefficient (Wildman–Crippen LogP) is 13.5. The van der Waals surface area contributed by atoms with E-state index in [4.69, 9.17) is 19.4 Å². The van der Waals surface area contributed by atoms with Crippen molar-refractivity contribution in [3.05, 3.63) is 188 Å². The second kappa shape index (κ2) is 12.7. The molecule has 2 atom stereocenters. The normalized spacial score (nSPS) is 15.9. The molecular formula is C51H32N4OS. The highest BCUT2D eigenvalue weighted by Crippen LogP contribution is 2.52. The van der Waals surface area contributed by atoms with Crippen molar-refractivity contribution in [1.29, 1.82) is 0 Å². The number of thiophene rings is 1. The van der Waals surface area contributed by atoms with Gasteiger partial charge in [0.25, 0.3) is 0 Å². The van der Waals surface area contributed by atoms with E-state index in [0.29, 0.717) is 17.5 Å². The van der Waals surface area contributed by atoms with Crippen molar-refractivity contribution in [2.24, 2.45) is 0 Å². The minimum absolute atomic E-state index is 0.180. The smallest absolute Gasteiger partial charge is 0.165 e. The van der Waals surface area contributed by atoms with E-state index in [1.807, 2.05) is 36.4 Å². The van der Waals surface area contributed by atoms with Crippen molar-refractivity contribution < 1.29 is 4.42 Å². The van der Waals surface area contributed by atoms with Crippen LogP contribution in [0.4, 0.5) is 11.4 Å². The van der Waals surface area contributed by atoms with Crippen LogP contribution in [-0.4, -0.2) is 21.0 Å². The fourth-order valence-electron chi connectivity index (χ4n) is 8.98. The summed E-state index contributed by atoms with van der Waals surface area (Å²) in [5.74, 6) is 2.25. The summed E-state index contributed by atoms with van der Waals surface area (Å²) in [6.07, 6.45) is 9.02. The summed E-state index contributed by atoms with van der Waals surface area (Å²) >= 11 is 1.80. The highest BCUT2D eigenvalue weighted by Gasteiger charge is 2.38. The maximum atomic E-state index is 6.70. The Morgan fingerprint density at radius 3 is 1.77 bits per heavy atom. The van der Waals surface area contributed by atoms with Crippen LogP contribution < -0.4 is 4.90 Å². The number of fused-ring (bicyclic) bond motifs is 9. The number of rotatable bonds is 5. The van der Waals surface area contributed by atoms with Crippen LogP contribution in [0.2, 0.25) is 0 Å². The van der Waals surface area contributed by atoms with Crippen LogP contribution >= 0.6 is 11.3 Å². The van der Waals surface area contributed by atoms with Crippen molar-refractivity contribution >= 4 is 64.8 Å². The Hall–Kier alpha value is -7.15. The first-order valence-electron chi connectivity index (χ1n) is 19.3. The third-order valence-corrected chi connectivity index (χ3v) is 12.8. The lowest BCUT2D eigenvalue weighted by atomic mass is 9.91. The standard InChI is InChI=1S/C51H32N4OS/c1-3-15-31(16-4-1)49-52-50(32-17-5-2-6-18-32)54-51(53-49)39-25-12-24-38-37-23-11-22-36(47(37)57-48(38)39)35-21-13-29-43-45(35)46-42(28-14-30-44(46)56-43)55-40-26-9-7-19-33(40)34-20-8-10-27-41(34)55/h1-30,33,40H. The molecule has 12 rings (SSSR count). The average molecular weight is 749 g/mol. The third-order valence-electron chi connectivity index (χ3n) is 11.5. The van der Waals surface area contributed by atoms with Gasteiger partial charge in [0.15, 0.2) is 17.5 Å². The molecule has 6 heteroatoms. The first-order chi connectivity index (χ1) is 28.3. The van der Waals surface area contributed by atoms with Gasteiger partial charge in [-0.2, -0.15) is 0 Å². The van der Waals surface area contributed by atoms with Crippen LogP contribution in [0.1, 0.15) is 11.5 Å². The van der Waals surface area contributed by atoms with Crippen LogP contribution in [-0.2, 0) is 0 Å². The lowest BCUT2D eigenvalue weighted by Crippen LogP contribution is -2.28. The van der Waals surface area contributed by atoms with E-state index in [0.717, 1.165) is 54.6 Å². The molecule has 0 bridgehead atoms. The minimum Gasteiger partial charge on any atom is -0.456 e. The lowest BCUT2D eigenvalue weighted by molar-refractivity contribution is 0.669. The second-order valence-corrected chi connectivity index (χ2v) is 15.7. The number of nitrogens with zero attached hydrogens (tertiary/aromatic N) is 4. The molecule has 5 nitrogen and oxygen atoms in total. The van der Waals surface area contributed by atoms with Gasteiger partial charge in [-0.1, -0.05) is 152 Å². The second-order valence-electron chi connectivity index (χ2n) is 14.7. The SMILES string of the molecule is C1=CC2c3ccccc3N(c3cccc4oc5cccc(-c6cccc7c6sc6c(-c8nc(-c9ccccc9)nc(-c9ccccc9)n8)cccc67)c5c34)C2C=C1. The van der Waals surface area contributed by atoms with E-state index >= 15 is 0 Å². The van der Waals surface area contributed by atoms with Gasteiger partial charge in [0, 0.05) is 59.4 Å². The summed E-state index contributed by atoms with van der Waals surface area (Å²) in [4.78, 5) is 17.7. The first kappa shape index (κ1) is 32.1. The Kier molecular flexibility index (Phi) is 7.16. The Bertz CT molecular complexity index is 3210. The highest BCUT2D eigenvalue weighted by molar-refractivity contribution is 7.26. The van der Waals surface area contributed by atoms with Crippen molar-refractivity contribution in [2.75, 3.05) is 4.90 Å². The number of benzene rings is 7. The molecule has 57 heavy (non-hydrogen) atoms. The number of furan rings is 1. The molecule has 3 aromatic heterocycles. The molecule has 0 fully saturated rings. The van der Waals surface area contributed by atoms with E-state index in [1.165, 1.54) is 32.3 Å². The fraction of sp³-hybridized carbons (Fsp3) is 0.0392. The zero-order valence-corrected chi connectivity index (χ0v) is 31.4. The first-order valence-corrected chi connectivity index (χ1v) is 20.1. The molecule has 1 aliphatic carbocycles. The predicted molar refractivity (Wildman–Crippen MR) is 235 cm³/mol. The van der Waals surface area contributed by atoms with Gasteiger partial charge in [0.05, 0.1) is 17.1 Å². The summed E-state index contributed by atoms with van der Waals surface area (Å²) < 4.78 is 9.06. The van der Waals surface area contributed by atoms with Gasteiger partial charge in [-0.25, -0.2) is 15.0 Å². The molecule has 0 radical (unpaired) electrons. The number of allylic oxidation sites excluding steroid dienone is 2. The quantitative estimate of drug-likeness (QED) is 0.175. The fourth-order valence-corrected chi connectivity index (χ4v) is 10.3. The van der Waals surface area contributed by atoms with Gasteiger partial charge in [-0.05, 0) is 41.5 Å². The van der Waals surface area contributed by atoms with Crippen LogP contribution in [0.3, 0.4) is 0 Å². The topological polar surface area (TPSA) is 55.1 Å². The molecule has 4 heterocycles. The van der Waals surface area contributed by atoms with Crippen molar-refractivity contribution in [1.82, 2.24) is 15.0 Å². The van der Waals surface area contributed by atoms with Crippen molar-refractivity contribution in [3.8, 4) is 45.3 Å². The molecule has 0 saturated carbocycles. The molecule has 7 aromatic carbocycles. The number of para-hydroxylation sites is 1. The zero-order chi connectivity index (χ0) is 37.5. The van der Waals surface area contributed by atoms with E-state index in [9.17, 15) is 0 Å². The molecule has 0 amide bonds. The molecule has 2 unspecified atom stereocenters. The summed E-state index contributed by atoms with van der Waals surface area (Å²) in [6, 6.07) is 55.4. The molecule has 0 saturated heterocycles. The van der Waals surface area contributed by atoms with Gasteiger partial charge >= 0.3 is 0 Å². The molecule has 0 N–H and O–H groups in total. The van der Waals surface area contributed by atoms with Gasteiger partial charge in [-0.3, -0.25) is 0 Å². The van der Waals surface area contributed by atoms with Crippen LogP contribution in [0, 0.1) is 0 Å². The number of aromatic nitrogens is 3. The van der Waals surface area contributed by atoms with Crippen LogP contribution in [0.15, 0.2) is 186 Å². The van der Waals surface area contributed by atoms with E-state index < -0.39 is 0 Å². The Balaban J connectivity index is 1.07.